The van der Waals surface area contributed by atoms with E-state index in [9.17, 15) is 33.8 Å². The molecular weight excluding hydrogens is 579 g/mol. The van der Waals surface area contributed by atoms with E-state index in [1.807, 2.05) is 20.8 Å². The summed E-state index contributed by atoms with van der Waals surface area (Å²) in [5.41, 5.74) is 1.12. The van der Waals surface area contributed by atoms with Crippen LogP contribution in [0, 0.1) is 12.7 Å². The molecule has 2 rings (SSSR count). The van der Waals surface area contributed by atoms with E-state index in [1.54, 1.807) is 43.0 Å². The van der Waals surface area contributed by atoms with Gasteiger partial charge >= 0.3 is 0 Å². The number of rotatable bonds is 16. The Labute approximate surface area is 255 Å². The van der Waals surface area contributed by atoms with Gasteiger partial charge in [0.25, 0.3) is 0 Å². The maximum atomic E-state index is 14.6. The van der Waals surface area contributed by atoms with Gasteiger partial charge < -0.3 is 36.2 Å². The van der Waals surface area contributed by atoms with Crippen LogP contribution in [0.25, 0.3) is 0 Å². The molecule has 4 amide bonds. The number of hydrogen-bond donors (Lipinski definition) is 6. The van der Waals surface area contributed by atoms with Crippen molar-refractivity contribution in [3.63, 3.8) is 0 Å². The van der Waals surface area contributed by atoms with Gasteiger partial charge in [-0.25, -0.2) is 4.39 Å². The molecule has 0 bridgehead atoms. The minimum absolute atomic E-state index is 0.00772. The number of aryl methyl sites for hydroxylation is 1. The largest absolute Gasteiger partial charge is 0.486 e. The van der Waals surface area contributed by atoms with Crippen LogP contribution in [-0.4, -0.2) is 63.5 Å². The fourth-order valence-corrected chi connectivity index (χ4v) is 5.04. The van der Waals surface area contributed by atoms with Crippen LogP contribution in [0.3, 0.4) is 0 Å². The third-order valence-electron chi connectivity index (χ3n) is 6.17. The van der Waals surface area contributed by atoms with Crippen LogP contribution in [0.5, 0.6) is 5.75 Å². The quantitative estimate of drug-likeness (QED) is 0.156. The van der Waals surface area contributed by atoms with Crippen molar-refractivity contribution in [3.8, 4) is 5.75 Å². The molecule has 2 unspecified atom stereocenters. The Morgan fingerprint density at radius 1 is 1.00 bits per heavy atom. The SMILES string of the molecule is CCC(SC(C)C)C(=O)NCCC(=O)NC(C)C(=O)NCC(=O)Nc1cccc(COc2ccc(C)c(C(O)O)c2F)c1. The van der Waals surface area contributed by atoms with E-state index in [0.717, 1.165) is 0 Å². The van der Waals surface area contributed by atoms with Gasteiger partial charge in [0.2, 0.25) is 23.6 Å². The van der Waals surface area contributed by atoms with Crippen LogP contribution in [-0.2, 0) is 25.8 Å². The lowest BCUT2D eigenvalue weighted by Crippen LogP contribution is -2.47. The topological polar surface area (TPSA) is 166 Å². The smallest absolute Gasteiger partial charge is 0.243 e. The van der Waals surface area contributed by atoms with Crippen LogP contribution >= 0.6 is 11.8 Å². The third kappa shape index (κ3) is 11.8. The van der Waals surface area contributed by atoms with Crippen molar-refractivity contribution < 1.29 is 38.5 Å². The molecule has 2 aromatic rings. The Bertz CT molecular complexity index is 1280. The minimum Gasteiger partial charge on any atom is -0.486 e. The number of carbonyl (C=O) groups is 4. The highest BCUT2D eigenvalue weighted by Gasteiger charge is 2.20. The molecule has 236 valence electrons. The molecular formula is C30H41FN4O7S. The number of ether oxygens (including phenoxy) is 1. The highest BCUT2D eigenvalue weighted by Crippen LogP contribution is 2.28. The van der Waals surface area contributed by atoms with Gasteiger partial charge in [0.1, 0.15) is 12.6 Å². The van der Waals surface area contributed by atoms with Gasteiger partial charge in [0, 0.05) is 24.2 Å². The predicted molar refractivity (Wildman–Crippen MR) is 163 cm³/mol. The average Bonchev–Trinajstić information content (AvgIpc) is 2.94. The fourth-order valence-electron chi connectivity index (χ4n) is 3.99. The monoisotopic (exact) mass is 620 g/mol. The van der Waals surface area contributed by atoms with Gasteiger partial charge in [-0.15, -0.1) is 11.8 Å². The summed E-state index contributed by atoms with van der Waals surface area (Å²) in [6.07, 6.45) is -1.29. The Morgan fingerprint density at radius 3 is 2.37 bits per heavy atom. The summed E-state index contributed by atoms with van der Waals surface area (Å²) in [6.45, 7) is 8.74. The number of benzene rings is 2. The van der Waals surface area contributed by atoms with Gasteiger partial charge in [-0.05, 0) is 54.8 Å². The molecule has 11 nitrogen and oxygen atoms in total. The van der Waals surface area contributed by atoms with Crippen LogP contribution in [0.1, 0.15) is 63.5 Å². The van der Waals surface area contributed by atoms with E-state index in [2.05, 4.69) is 21.3 Å². The van der Waals surface area contributed by atoms with E-state index >= 15 is 0 Å². The maximum absolute atomic E-state index is 14.6. The van der Waals surface area contributed by atoms with Crippen molar-refractivity contribution in [2.24, 2.45) is 0 Å². The minimum atomic E-state index is -1.98. The van der Waals surface area contributed by atoms with Crippen molar-refractivity contribution in [1.82, 2.24) is 16.0 Å². The summed E-state index contributed by atoms with van der Waals surface area (Å²) >= 11 is 1.56. The number of aliphatic hydroxyl groups is 2. The molecule has 0 aliphatic carbocycles. The zero-order valence-electron chi connectivity index (χ0n) is 25.0. The van der Waals surface area contributed by atoms with Crippen molar-refractivity contribution in [2.75, 3.05) is 18.4 Å². The van der Waals surface area contributed by atoms with Gasteiger partial charge in [-0.3, -0.25) is 19.2 Å². The average molecular weight is 621 g/mol. The lowest BCUT2D eigenvalue weighted by molar-refractivity contribution is -0.129. The summed E-state index contributed by atoms with van der Waals surface area (Å²) in [4.78, 5) is 49.3. The molecule has 43 heavy (non-hydrogen) atoms. The lowest BCUT2D eigenvalue weighted by atomic mass is 10.1. The number of hydrogen-bond acceptors (Lipinski definition) is 8. The van der Waals surface area contributed by atoms with E-state index in [4.69, 9.17) is 4.74 Å². The number of carbonyl (C=O) groups excluding carboxylic acids is 4. The molecule has 0 aromatic heterocycles. The van der Waals surface area contributed by atoms with E-state index in [1.165, 1.54) is 19.1 Å². The van der Waals surface area contributed by atoms with Gasteiger partial charge in [-0.1, -0.05) is 39.0 Å². The number of aliphatic hydroxyl groups excluding tert-OH is 1. The van der Waals surface area contributed by atoms with Crippen LogP contribution in [0.2, 0.25) is 0 Å². The Balaban J connectivity index is 1.77. The van der Waals surface area contributed by atoms with E-state index in [0.29, 0.717) is 28.5 Å². The lowest BCUT2D eigenvalue weighted by Gasteiger charge is -2.17. The van der Waals surface area contributed by atoms with Crippen LogP contribution < -0.4 is 26.0 Å². The molecule has 0 spiro atoms. The fraction of sp³-hybridized carbons (Fsp3) is 0.467. The van der Waals surface area contributed by atoms with Crippen molar-refractivity contribution in [1.29, 1.82) is 0 Å². The van der Waals surface area contributed by atoms with Gasteiger partial charge in [-0.2, -0.15) is 0 Å². The van der Waals surface area contributed by atoms with Gasteiger partial charge in [0.05, 0.1) is 11.8 Å². The number of thioether (sulfide) groups is 1. The number of anilines is 1. The number of nitrogens with one attached hydrogen (secondary N) is 4. The molecule has 0 fully saturated rings. The first-order valence-corrected chi connectivity index (χ1v) is 14.9. The Hall–Kier alpha value is -3.68. The first-order chi connectivity index (χ1) is 20.3. The summed E-state index contributed by atoms with van der Waals surface area (Å²) in [5.74, 6) is -2.62. The van der Waals surface area contributed by atoms with Crippen LogP contribution in [0.4, 0.5) is 10.1 Å². The van der Waals surface area contributed by atoms with Crippen molar-refractivity contribution in [2.45, 2.75) is 76.9 Å². The summed E-state index contributed by atoms with van der Waals surface area (Å²) < 4.78 is 20.1. The molecule has 0 saturated carbocycles. The molecule has 6 N–H and O–H groups in total. The molecule has 0 saturated heterocycles. The highest BCUT2D eigenvalue weighted by molar-refractivity contribution is 8.01. The zero-order valence-corrected chi connectivity index (χ0v) is 25.8. The molecule has 13 heteroatoms. The number of halogens is 1. The Kier molecular flexibility index (Phi) is 14.4. The second-order valence-electron chi connectivity index (χ2n) is 10.1. The van der Waals surface area contributed by atoms with Gasteiger partial charge in [0.15, 0.2) is 17.9 Å². The standard InChI is InChI=1S/C30H41FN4O7S/c1-6-23(43-17(2)3)29(39)32-13-12-24(36)34-19(5)28(38)33-15-25(37)35-21-9-7-8-20(14-21)16-42-22-11-10-18(4)26(27(22)31)30(40)41/h7-11,14,17,19,23,30,40-41H,6,12-13,15-16H2,1-5H3,(H,32,39)(H,33,38)(H,34,36)(H,35,37). The van der Waals surface area contributed by atoms with E-state index in [-0.39, 0.29) is 48.6 Å². The predicted octanol–water partition coefficient (Wildman–Crippen LogP) is 2.68. The first kappa shape index (κ1) is 35.5. The van der Waals surface area contributed by atoms with Crippen molar-refractivity contribution >= 4 is 41.1 Å². The Morgan fingerprint density at radius 2 is 1.72 bits per heavy atom. The highest BCUT2D eigenvalue weighted by atomic mass is 32.2. The second-order valence-corrected chi connectivity index (χ2v) is 11.9. The molecule has 0 aliphatic rings. The van der Waals surface area contributed by atoms with Crippen molar-refractivity contribution in [3.05, 3.63) is 58.9 Å². The maximum Gasteiger partial charge on any atom is 0.243 e. The third-order valence-corrected chi connectivity index (χ3v) is 7.59. The molecule has 0 heterocycles. The molecule has 0 aliphatic heterocycles. The molecule has 2 atom stereocenters. The summed E-state index contributed by atoms with van der Waals surface area (Å²) in [7, 11) is 0. The summed E-state index contributed by atoms with van der Waals surface area (Å²) in [6, 6.07) is 8.61. The normalized spacial score (nSPS) is 12.4. The molecule has 2 aromatic carbocycles. The zero-order chi connectivity index (χ0) is 32.1. The van der Waals surface area contributed by atoms with E-state index < -0.39 is 35.9 Å². The van der Waals surface area contributed by atoms with Crippen LogP contribution in [0.15, 0.2) is 36.4 Å². The summed E-state index contributed by atoms with van der Waals surface area (Å²) in [5, 5.41) is 29.4. The number of amides is 4. The first-order valence-electron chi connectivity index (χ1n) is 14.0. The molecule has 0 radical (unpaired) electrons. The second kappa shape index (κ2) is 17.4.